The molecule has 0 radical (unpaired) electrons. The highest BCUT2D eigenvalue weighted by Gasteiger charge is 2.34. The Morgan fingerprint density at radius 1 is 1.27 bits per heavy atom. The summed E-state index contributed by atoms with van der Waals surface area (Å²) in [4.78, 5) is 11.3. The van der Waals surface area contributed by atoms with Gasteiger partial charge < -0.3 is 24.7 Å². The zero-order valence-corrected chi connectivity index (χ0v) is 17.2. The molecular weight excluding hydrogens is 330 g/mol. The van der Waals surface area contributed by atoms with Crippen LogP contribution in [0.5, 0.6) is 0 Å². The SMILES string of the molecule is CCNC(=NCc1ncc(C(C)(C)C)o1)NCC1(N(C)C)CCOCC1. The van der Waals surface area contributed by atoms with Crippen LogP contribution in [0.1, 0.15) is 52.2 Å². The molecule has 0 aromatic carbocycles. The molecule has 1 aliphatic rings. The van der Waals surface area contributed by atoms with Crippen molar-refractivity contribution < 1.29 is 9.15 Å². The second-order valence-corrected chi connectivity index (χ2v) is 8.15. The fraction of sp³-hybridized carbons (Fsp3) is 0.789. The number of nitrogens with one attached hydrogen (secondary N) is 2. The van der Waals surface area contributed by atoms with Crippen molar-refractivity contribution in [2.24, 2.45) is 4.99 Å². The Kier molecular flexibility index (Phi) is 7.06. The fourth-order valence-electron chi connectivity index (χ4n) is 3.00. The van der Waals surface area contributed by atoms with Crippen molar-refractivity contribution in [2.45, 2.75) is 58.0 Å². The molecule has 0 atom stereocenters. The lowest BCUT2D eigenvalue weighted by molar-refractivity contribution is -0.00501. The number of guanidine groups is 1. The molecule has 1 aromatic rings. The molecule has 0 aliphatic carbocycles. The van der Waals surface area contributed by atoms with Crippen LogP contribution >= 0.6 is 0 Å². The van der Waals surface area contributed by atoms with Crippen LogP contribution in [-0.4, -0.2) is 61.8 Å². The van der Waals surface area contributed by atoms with E-state index in [4.69, 9.17) is 9.15 Å². The quantitative estimate of drug-likeness (QED) is 0.594. The lowest BCUT2D eigenvalue weighted by Gasteiger charge is -2.43. The molecule has 7 heteroatoms. The number of aromatic nitrogens is 1. The largest absolute Gasteiger partial charge is 0.443 e. The molecule has 0 bridgehead atoms. The van der Waals surface area contributed by atoms with E-state index in [9.17, 15) is 0 Å². The third-order valence-electron chi connectivity index (χ3n) is 4.97. The lowest BCUT2D eigenvalue weighted by atomic mass is 9.88. The first-order chi connectivity index (χ1) is 12.3. The Balaban J connectivity index is 2.01. The van der Waals surface area contributed by atoms with Crippen LogP contribution in [-0.2, 0) is 16.7 Å². The summed E-state index contributed by atoms with van der Waals surface area (Å²) in [6.45, 7) is 12.1. The standard InChI is InChI=1S/C19H35N5O2/c1-7-20-17(22-13-16-21-12-15(26-16)18(2,3)4)23-14-19(24(5)6)8-10-25-11-9-19/h12H,7-11,13-14H2,1-6H3,(H2,20,22,23). The Hall–Kier alpha value is -1.60. The van der Waals surface area contributed by atoms with E-state index in [0.717, 1.165) is 50.9 Å². The predicted molar refractivity (Wildman–Crippen MR) is 104 cm³/mol. The molecule has 0 spiro atoms. The van der Waals surface area contributed by atoms with Crippen molar-refractivity contribution in [1.29, 1.82) is 0 Å². The summed E-state index contributed by atoms with van der Waals surface area (Å²) < 4.78 is 11.4. The first-order valence-electron chi connectivity index (χ1n) is 9.49. The first-order valence-corrected chi connectivity index (χ1v) is 9.49. The minimum absolute atomic E-state index is 0.0428. The van der Waals surface area contributed by atoms with Gasteiger partial charge in [0.25, 0.3) is 0 Å². The van der Waals surface area contributed by atoms with Crippen molar-refractivity contribution in [3.05, 3.63) is 17.8 Å². The Morgan fingerprint density at radius 3 is 2.50 bits per heavy atom. The summed E-state index contributed by atoms with van der Waals surface area (Å²) in [6.07, 6.45) is 3.83. The molecule has 2 N–H and O–H groups in total. The molecule has 7 nitrogen and oxygen atoms in total. The Labute approximate surface area is 157 Å². The van der Waals surface area contributed by atoms with Crippen LogP contribution in [0.4, 0.5) is 0 Å². The van der Waals surface area contributed by atoms with Gasteiger partial charge in [0.2, 0.25) is 5.89 Å². The van der Waals surface area contributed by atoms with Gasteiger partial charge in [-0.1, -0.05) is 20.8 Å². The molecule has 26 heavy (non-hydrogen) atoms. The molecule has 0 saturated carbocycles. The monoisotopic (exact) mass is 365 g/mol. The van der Waals surface area contributed by atoms with Crippen molar-refractivity contribution in [3.8, 4) is 0 Å². The Bertz CT molecular complexity index is 583. The van der Waals surface area contributed by atoms with Crippen molar-refractivity contribution in [3.63, 3.8) is 0 Å². The number of nitrogens with zero attached hydrogens (tertiary/aromatic N) is 3. The lowest BCUT2D eigenvalue weighted by Crippen LogP contribution is -2.57. The van der Waals surface area contributed by atoms with E-state index in [1.807, 2.05) is 0 Å². The van der Waals surface area contributed by atoms with Crippen LogP contribution in [0.25, 0.3) is 0 Å². The average molecular weight is 366 g/mol. The van der Waals surface area contributed by atoms with Crippen LogP contribution < -0.4 is 10.6 Å². The van der Waals surface area contributed by atoms with E-state index in [0.29, 0.717) is 12.4 Å². The van der Waals surface area contributed by atoms with Gasteiger partial charge in [-0.05, 0) is 33.9 Å². The number of oxazole rings is 1. The minimum Gasteiger partial charge on any atom is -0.443 e. The summed E-state index contributed by atoms with van der Waals surface area (Å²) in [7, 11) is 4.27. The van der Waals surface area contributed by atoms with Crippen LogP contribution in [0.3, 0.4) is 0 Å². The van der Waals surface area contributed by atoms with E-state index in [2.05, 4.69) is 67.3 Å². The van der Waals surface area contributed by atoms with E-state index in [1.165, 1.54) is 0 Å². The molecule has 1 aliphatic heterocycles. The van der Waals surface area contributed by atoms with Crippen molar-refractivity contribution in [2.75, 3.05) is 40.4 Å². The molecule has 1 saturated heterocycles. The average Bonchev–Trinajstić information content (AvgIpc) is 3.07. The van der Waals surface area contributed by atoms with Gasteiger partial charge >= 0.3 is 0 Å². The molecule has 2 heterocycles. The number of hydrogen-bond donors (Lipinski definition) is 2. The van der Waals surface area contributed by atoms with Gasteiger partial charge in [-0.15, -0.1) is 0 Å². The topological polar surface area (TPSA) is 74.9 Å². The summed E-state index contributed by atoms with van der Waals surface area (Å²) in [5.74, 6) is 2.31. The van der Waals surface area contributed by atoms with E-state index in [1.54, 1.807) is 6.20 Å². The van der Waals surface area contributed by atoms with E-state index < -0.39 is 0 Å². The number of rotatable bonds is 6. The summed E-state index contributed by atoms with van der Waals surface area (Å²) in [5.41, 5.74) is 0.0512. The molecule has 0 unspecified atom stereocenters. The van der Waals surface area contributed by atoms with Crippen LogP contribution in [0, 0.1) is 0 Å². The van der Waals surface area contributed by atoms with Crippen LogP contribution in [0.15, 0.2) is 15.6 Å². The molecule has 1 fully saturated rings. The maximum Gasteiger partial charge on any atom is 0.216 e. The fourth-order valence-corrected chi connectivity index (χ4v) is 3.00. The zero-order valence-electron chi connectivity index (χ0n) is 17.2. The summed E-state index contributed by atoms with van der Waals surface area (Å²) in [5, 5.41) is 6.80. The molecule has 0 amide bonds. The minimum atomic E-state index is -0.0428. The van der Waals surface area contributed by atoms with E-state index in [-0.39, 0.29) is 11.0 Å². The van der Waals surface area contributed by atoms with Gasteiger partial charge in [0.15, 0.2) is 5.96 Å². The van der Waals surface area contributed by atoms with Gasteiger partial charge in [-0.3, -0.25) is 0 Å². The Morgan fingerprint density at radius 2 is 1.96 bits per heavy atom. The molecule has 1 aromatic heterocycles. The maximum absolute atomic E-state index is 5.83. The third-order valence-corrected chi connectivity index (χ3v) is 4.97. The van der Waals surface area contributed by atoms with E-state index >= 15 is 0 Å². The van der Waals surface area contributed by atoms with Crippen molar-refractivity contribution >= 4 is 5.96 Å². The summed E-state index contributed by atoms with van der Waals surface area (Å²) >= 11 is 0. The van der Waals surface area contributed by atoms with Crippen LogP contribution in [0.2, 0.25) is 0 Å². The third kappa shape index (κ3) is 5.45. The maximum atomic E-state index is 5.83. The highest BCUT2D eigenvalue weighted by molar-refractivity contribution is 5.79. The van der Waals surface area contributed by atoms with Gasteiger partial charge in [0, 0.05) is 37.3 Å². The van der Waals surface area contributed by atoms with Crippen molar-refractivity contribution in [1.82, 2.24) is 20.5 Å². The predicted octanol–water partition coefficient (Wildman–Crippen LogP) is 2.14. The highest BCUT2D eigenvalue weighted by Crippen LogP contribution is 2.25. The van der Waals surface area contributed by atoms with Gasteiger partial charge in [-0.2, -0.15) is 0 Å². The number of aliphatic imine (C=N–C) groups is 1. The number of likely N-dealkylation sites (N-methyl/N-ethyl adjacent to an activating group) is 1. The second-order valence-electron chi connectivity index (χ2n) is 8.15. The van der Waals surface area contributed by atoms with Gasteiger partial charge in [0.05, 0.1) is 6.20 Å². The number of hydrogen-bond acceptors (Lipinski definition) is 5. The van der Waals surface area contributed by atoms with Gasteiger partial charge in [0.1, 0.15) is 12.3 Å². The normalized spacial score (nSPS) is 18.2. The second kappa shape index (κ2) is 8.86. The van der Waals surface area contributed by atoms with Gasteiger partial charge in [-0.25, -0.2) is 9.98 Å². The molecular formula is C19H35N5O2. The number of ether oxygens (including phenoxy) is 1. The highest BCUT2D eigenvalue weighted by atomic mass is 16.5. The summed E-state index contributed by atoms with van der Waals surface area (Å²) in [6, 6.07) is 0. The molecule has 148 valence electrons. The molecule has 2 rings (SSSR count). The first kappa shape index (κ1) is 20.7. The smallest absolute Gasteiger partial charge is 0.216 e. The zero-order chi connectivity index (χ0) is 19.2.